The molecule has 1 aromatic heterocycles. The third kappa shape index (κ3) is 3.20. The summed E-state index contributed by atoms with van der Waals surface area (Å²) >= 11 is 3.40. The van der Waals surface area contributed by atoms with Crippen molar-refractivity contribution in [2.75, 3.05) is 5.32 Å². The number of rotatable bonds is 3. The molecule has 6 heteroatoms. The van der Waals surface area contributed by atoms with Gasteiger partial charge in [0.2, 0.25) is 5.91 Å². The number of aromatic nitrogens is 2. The molecule has 0 unspecified atom stereocenters. The molecule has 0 saturated heterocycles. The zero-order chi connectivity index (χ0) is 14.0. The van der Waals surface area contributed by atoms with Gasteiger partial charge in [-0.25, -0.2) is 4.39 Å². The van der Waals surface area contributed by atoms with Crippen LogP contribution in [-0.4, -0.2) is 15.7 Å². The molecule has 0 radical (unpaired) electrons. The number of halogens is 2. The van der Waals surface area contributed by atoms with Crippen molar-refractivity contribution in [1.82, 2.24) is 9.78 Å². The molecular weight excluding hydrogens is 313 g/mol. The first kappa shape index (κ1) is 13.7. The van der Waals surface area contributed by atoms with Gasteiger partial charge in [0.1, 0.15) is 12.4 Å². The summed E-state index contributed by atoms with van der Waals surface area (Å²) in [4.78, 5) is 11.9. The third-order valence-corrected chi connectivity index (χ3v) is 3.84. The minimum Gasteiger partial charge on any atom is -0.324 e. The van der Waals surface area contributed by atoms with Crippen molar-refractivity contribution in [3.63, 3.8) is 0 Å². The summed E-state index contributed by atoms with van der Waals surface area (Å²) in [6.07, 6.45) is 0. The van der Waals surface area contributed by atoms with Crippen LogP contribution in [0.4, 0.5) is 10.1 Å². The quantitative estimate of drug-likeness (QED) is 0.942. The van der Waals surface area contributed by atoms with E-state index in [0.29, 0.717) is 5.69 Å². The third-order valence-electron chi connectivity index (χ3n) is 2.69. The molecule has 1 amide bonds. The normalized spacial score (nSPS) is 10.5. The van der Waals surface area contributed by atoms with Crippen molar-refractivity contribution < 1.29 is 9.18 Å². The van der Waals surface area contributed by atoms with Crippen molar-refractivity contribution in [2.45, 2.75) is 20.4 Å². The molecule has 2 aromatic rings. The van der Waals surface area contributed by atoms with Crippen molar-refractivity contribution in [2.24, 2.45) is 0 Å². The molecule has 2 rings (SSSR count). The van der Waals surface area contributed by atoms with E-state index in [9.17, 15) is 9.18 Å². The highest BCUT2D eigenvalue weighted by Crippen LogP contribution is 2.19. The summed E-state index contributed by atoms with van der Waals surface area (Å²) in [6, 6.07) is 5.78. The van der Waals surface area contributed by atoms with Gasteiger partial charge in [-0.1, -0.05) is 6.07 Å². The number of carbonyl (C=O) groups excluding carboxylic acids is 1. The van der Waals surface area contributed by atoms with Gasteiger partial charge in [-0.05, 0) is 48.0 Å². The summed E-state index contributed by atoms with van der Waals surface area (Å²) in [5, 5.41) is 6.88. The fourth-order valence-corrected chi connectivity index (χ4v) is 2.02. The maximum absolute atomic E-state index is 13.0. The second-order valence-electron chi connectivity index (χ2n) is 4.20. The van der Waals surface area contributed by atoms with Gasteiger partial charge in [-0.2, -0.15) is 5.10 Å². The van der Waals surface area contributed by atoms with E-state index < -0.39 is 0 Å². The number of nitrogens with zero attached hydrogens (tertiary/aromatic N) is 2. The second-order valence-corrected chi connectivity index (χ2v) is 4.99. The van der Waals surface area contributed by atoms with Crippen LogP contribution in [-0.2, 0) is 11.3 Å². The lowest BCUT2D eigenvalue weighted by atomic mass is 10.3. The molecule has 0 spiro atoms. The van der Waals surface area contributed by atoms with Gasteiger partial charge in [-0.3, -0.25) is 9.48 Å². The van der Waals surface area contributed by atoms with Gasteiger partial charge >= 0.3 is 0 Å². The van der Waals surface area contributed by atoms with Crippen LogP contribution in [0.3, 0.4) is 0 Å². The smallest absolute Gasteiger partial charge is 0.246 e. The number of amides is 1. The van der Waals surface area contributed by atoms with Crippen LogP contribution in [0.25, 0.3) is 0 Å². The predicted octanol–water partition coefficient (Wildman–Crippen LogP) is 3.04. The van der Waals surface area contributed by atoms with Crippen LogP contribution in [0, 0.1) is 19.7 Å². The van der Waals surface area contributed by atoms with E-state index in [1.807, 2.05) is 13.8 Å². The molecule has 0 bridgehead atoms. The lowest BCUT2D eigenvalue weighted by Crippen LogP contribution is -2.20. The first-order chi connectivity index (χ1) is 8.97. The molecule has 1 heterocycles. The van der Waals surface area contributed by atoms with E-state index in [1.165, 1.54) is 12.1 Å². The van der Waals surface area contributed by atoms with Gasteiger partial charge in [0.05, 0.1) is 15.9 Å². The van der Waals surface area contributed by atoms with Crippen LogP contribution >= 0.6 is 15.9 Å². The van der Waals surface area contributed by atoms with Gasteiger partial charge in [-0.15, -0.1) is 0 Å². The highest BCUT2D eigenvalue weighted by Gasteiger charge is 2.12. The molecule has 4 nitrogen and oxygen atoms in total. The molecule has 0 aliphatic heterocycles. The number of carbonyl (C=O) groups is 1. The Morgan fingerprint density at radius 2 is 2.21 bits per heavy atom. The predicted molar refractivity (Wildman–Crippen MR) is 74.4 cm³/mol. The molecule has 0 atom stereocenters. The average Bonchev–Trinajstić information content (AvgIpc) is 2.57. The topological polar surface area (TPSA) is 46.9 Å². The van der Waals surface area contributed by atoms with Gasteiger partial charge in [0, 0.05) is 5.69 Å². The van der Waals surface area contributed by atoms with E-state index in [2.05, 4.69) is 26.3 Å². The number of hydrogen-bond acceptors (Lipinski definition) is 2. The monoisotopic (exact) mass is 325 g/mol. The Hall–Kier alpha value is -1.69. The lowest BCUT2D eigenvalue weighted by molar-refractivity contribution is -0.116. The molecule has 0 aliphatic rings. The van der Waals surface area contributed by atoms with E-state index in [0.717, 1.165) is 15.9 Å². The Bertz CT molecular complexity index is 624. The molecule has 1 aromatic carbocycles. The first-order valence-electron chi connectivity index (χ1n) is 5.72. The Labute approximate surface area is 118 Å². The summed E-state index contributed by atoms with van der Waals surface area (Å²) in [7, 11) is 0. The van der Waals surface area contributed by atoms with Gasteiger partial charge in [0.25, 0.3) is 0 Å². The summed E-state index contributed by atoms with van der Waals surface area (Å²) in [5.41, 5.74) is 2.15. The Balaban J connectivity index is 2.07. The number of anilines is 1. The van der Waals surface area contributed by atoms with Crippen LogP contribution < -0.4 is 5.32 Å². The second kappa shape index (κ2) is 5.52. The SMILES string of the molecule is Cc1nn(CC(=O)Nc2cccc(F)c2)c(C)c1Br. The van der Waals surface area contributed by atoms with Crippen LogP contribution in [0.2, 0.25) is 0 Å². The minimum absolute atomic E-state index is 0.0921. The van der Waals surface area contributed by atoms with E-state index in [1.54, 1.807) is 16.8 Å². The standard InChI is InChI=1S/C13H13BrFN3O/c1-8-13(14)9(2)18(17-8)7-12(19)16-11-5-3-4-10(15)6-11/h3-6H,7H2,1-2H3,(H,16,19). The molecule has 0 aliphatic carbocycles. The fraction of sp³-hybridized carbons (Fsp3) is 0.231. The minimum atomic E-state index is -0.383. The summed E-state index contributed by atoms with van der Waals surface area (Å²) in [6.45, 7) is 3.83. The van der Waals surface area contributed by atoms with E-state index >= 15 is 0 Å². The molecular formula is C13H13BrFN3O. The first-order valence-corrected chi connectivity index (χ1v) is 6.51. The Kier molecular flexibility index (Phi) is 3.99. The average molecular weight is 326 g/mol. The van der Waals surface area contributed by atoms with Crippen LogP contribution in [0.1, 0.15) is 11.4 Å². The number of aryl methyl sites for hydroxylation is 1. The van der Waals surface area contributed by atoms with E-state index in [-0.39, 0.29) is 18.3 Å². The van der Waals surface area contributed by atoms with Crippen LogP contribution in [0.5, 0.6) is 0 Å². The van der Waals surface area contributed by atoms with Crippen molar-refractivity contribution in [1.29, 1.82) is 0 Å². The maximum Gasteiger partial charge on any atom is 0.246 e. The van der Waals surface area contributed by atoms with Gasteiger partial charge in [0.15, 0.2) is 0 Å². The number of hydrogen-bond donors (Lipinski definition) is 1. The lowest BCUT2D eigenvalue weighted by Gasteiger charge is -2.06. The zero-order valence-corrected chi connectivity index (χ0v) is 12.2. The molecule has 0 fully saturated rings. The highest BCUT2D eigenvalue weighted by molar-refractivity contribution is 9.10. The molecule has 1 N–H and O–H groups in total. The fourth-order valence-electron chi connectivity index (χ4n) is 1.73. The number of benzene rings is 1. The molecule has 0 saturated carbocycles. The molecule has 19 heavy (non-hydrogen) atoms. The van der Waals surface area contributed by atoms with E-state index in [4.69, 9.17) is 0 Å². The van der Waals surface area contributed by atoms with Gasteiger partial charge < -0.3 is 5.32 Å². The van der Waals surface area contributed by atoms with Crippen molar-refractivity contribution in [3.05, 3.63) is 45.9 Å². The Morgan fingerprint density at radius 1 is 1.47 bits per heavy atom. The maximum atomic E-state index is 13.0. The molecule has 100 valence electrons. The zero-order valence-electron chi connectivity index (χ0n) is 10.6. The highest BCUT2D eigenvalue weighted by atomic mass is 79.9. The number of nitrogens with one attached hydrogen (secondary N) is 1. The Morgan fingerprint density at radius 3 is 2.79 bits per heavy atom. The van der Waals surface area contributed by atoms with Crippen LogP contribution in [0.15, 0.2) is 28.7 Å². The summed E-state index contributed by atoms with van der Waals surface area (Å²) < 4.78 is 15.5. The largest absolute Gasteiger partial charge is 0.324 e. The summed E-state index contributed by atoms with van der Waals surface area (Å²) in [5.74, 6) is -0.629. The van der Waals surface area contributed by atoms with Crippen molar-refractivity contribution >= 4 is 27.5 Å². The van der Waals surface area contributed by atoms with Crippen molar-refractivity contribution in [3.8, 4) is 0 Å².